The molecule has 412 valence electrons. The normalized spacial score (nSPS) is 16.4. The molecule has 13 aromatic rings. The zero-order valence-corrected chi connectivity index (χ0v) is 49.1. The summed E-state index contributed by atoms with van der Waals surface area (Å²) in [6.07, 6.45) is 7.77. The Labute approximate surface area is 509 Å². The Balaban J connectivity index is 0.721. The Kier molecular flexibility index (Phi) is 11.4. The topological polar surface area (TPSA) is 8.17 Å². The van der Waals surface area contributed by atoms with Crippen molar-refractivity contribution >= 4 is 50.5 Å². The monoisotopic (exact) mass is 1110 g/mol. The molecule has 2 nitrogen and oxygen atoms in total. The lowest BCUT2D eigenvalue weighted by Crippen LogP contribution is -2.28. The van der Waals surface area contributed by atoms with Gasteiger partial charge in [-0.3, -0.25) is 0 Å². The van der Waals surface area contributed by atoms with E-state index in [1.165, 1.54) is 133 Å². The molecule has 4 aliphatic rings. The summed E-state index contributed by atoms with van der Waals surface area (Å²) >= 11 is 0. The molecule has 17 rings (SSSR count). The minimum absolute atomic E-state index is 0.119. The molecule has 1 spiro atoms. The minimum atomic E-state index is -0.406. The van der Waals surface area contributed by atoms with E-state index >= 15 is 0 Å². The van der Waals surface area contributed by atoms with Crippen LogP contribution >= 0.6 is 0 Å². The molecule has 0 aliphatic heterocycles. The first-order valence-corrected chi connectivity index (χ1v) is 30.7. The van der Waals surface area contributed by atoms with Crippen LogP contribution in [0.4, 0.5) is 17.1 Å². The molecule has 1 heterocycles. The maximum atomic E-state index is 4.02. The van der Waals surface area contributed by atoms with Gasteiger partial charge in [0, 0.05) is 38.9 Å². The fourth-order valence-electron chi connectivity index (χ4n) is 15.5. The zero-order chi connectivity index (χ0) is 58.1. The third-order valence-electron chi connectivity index (χ3n) is 19.8. The van der Waals surface area contributed by atoms with Gasteiger partial charge in [-0.25, -0.2) is 0 Å². The largest absolute Gasteiger partial charge is 0.310 e. The molecule has 4 aliphatic carbocycles. The fraction of sp³-hybridized carbons (Fsp3) is 0.0824. The van der Waals surface area contributed by atoms with Crippen LogP contribution in [0.25, 0.3) is 106 Å². The highest BCUT2D eigenvalue weighted by molar-refractivity contribution is 6.10. The van der Waals surface area contributed by atoms with E-state index in [0.717, 1.165) is 34.7 Å². The molecule has 0 N–H and O–H groups in total. The SMILES string of the molecule is C=Cc1ccc(-c2ccc3c(c2)C2(C4=C(C=CC(C)C4)c4ccc(-c5ccc(-n6c7ccccc7c7cc(-c8ccc(N(c9ccc(-c%10ccccc%10)cc9)c9ccc%10c(c9)C(C)(C)c9ccccc9-%10)cc8)ccc76)cc5)cc42)c2ccccc2-3)cc1. The van der Waals surface area contributed by atoms with Crippen LogP contribution in [0, 0.1) is 5.92 Å². The van der Waals surface area contributed by atoms with Gasteiger partial charge in [-0.2, -0.15) is 0 Å². The lowest BCUT2D eigenvalue weighted by Gasteiger charge is -2.35. The Morgan fingerprint density at radius 3 is 1.59 bits per heavy atom. The molecule has 2 heteroatoms. The second-order valence-corrected chi connectivity index (χ2v) is 24.9. The summed E-state index contributed by atoms with van der Waals surface area (Å²) in [6, 6.07) is 102. The van der Waals surface area contributed by atoms with E-state index in [9.17, 15) is 0 Å². The molecule has 0 bridgehead atoms. The summed E-state index contributed by atoms with van der Waals surface area (Å²) in [7, 11) is 0. The van der Waals surface area contributed by atoms with E-state index in [-0.39, 0.29) is 5.41 Å². The number of hydrogen-bond donors (Lipinski definition) is 0. The fourth-order valence-corrected chi connectivity index (χ4v) is 15.5. The van der Waals surface area contributed by atoms with Crippen molar-refractivity contribution in [2.45, 2.75) is 38.0 Å². The van der Waals surface area contributed by atoms with Crippen LogP contribution in [0.1, 0.15) is 66.1 Å². The van der Waals surface area contributed by atoms with E-state index < -0.39 is 5.41 Å². The Morgan fingerprint density at radius 2 is 0.885 bits per heavy atom. The molecule has 12 aromatic carbocycles. The molecule has 87 heavy (non-hydrogen) atoms. The summed E-state index contributed by atoms with van der Waals surface area (Å²) < 4.78 is 2.44. The first-order valence-electron chi connectivity index (χ1n) is 30.7. The van der Waals surface area contributed by atoms with Crippen LogP contribution in [-0.4, -0.2) is 4.57 Å². The average Bonchev–Trinajstić information content (AvgIpc) is 1.52. The van der Waals surface area contributed by atoms with Crippen molar-refractivity contribution in [3.63, 3.8) is 0 Å². The van der Waals surface area contributed by atoms with Crippen LogP contribution < -0.4 is 4.90 Å². The first kappa shape index (κ1) is 50.9. The molecule has 0 radical (unpaired) electrons. The second-order valence-electron chi connectivity index (χ2n) is 24.9. The van der Waals surface area contributed by atoms with Crippen LogP contribution in [0.2, 0.25) is 0 Å². The average molecular weight is 1110 g/mol. The van der Waals surface area contributed by atoms with E-state index in [1.807, 2.05) is 6.08 Å². The highest BCUT2D eigenvalue weighted by Gasteiger charge is 2.53. The van der Waals surface area contributed by atoms with Gasteiger partial charge in [0.15, 0.2) is 0 Å². The highest BCUT2D eigenvalue weighted by atomic mass is 15.1. The Hall–Kier alpha value is -10.5. The van der Waals surface area contributed by atoms with E-state index in [1.54, 1.807) is 0 Å². The molecule has 0 saturated carbocycles. The number of nitrogens with zero attached hydrogens (tertiary/aromatic N) is 2. The van der Waals surface area contributed by atoms with Gasteiger partial charge < -0.3 is 9.47 Å². The van der Waals surface area contributed by atoms with Gasteiger partial charge in [0.2, 0.25) is 0 Å². The summed E-state index contributed by atoms with van der Waals surface area (Å²) in [6.45, 7) is 11.1. The van der Waals surface area contributed by atoms with Crippen molar-refractivity contribution in [2.75, 3.05) is 4.90 Å². The number of anilines is 3. The molecule has 2 atom stereocenters. The van der Waals surface area contributed by atoms with E-state index in [2.05, 4.69) is 322 Å². The second kappa shape index (κ2) is 19.5. The van der Waals surface area contributed by atoms with Gasteiger partial charge in [0.1, 0.15) is 0 Å². The van der Waals surface area contributed by atoms with Crippen molar-refractivity contribution in [2.24, 2.45) is 5.92 Å². The quantitative estimate of drug-likeness (QED) is 0.140. The molecular weight excluding hydrogens is 1050 g/mol. The lowest BCUT2D eigenvalue weighted by molar-refractivity contribution is 0.631. The summed E-state index contributed by atoms with van der Waals surface area (Å²) in [5.74, 6) is 0.438. The predicted octanol–water partition coefficient (Wildman–Crippen LogP) is 22.5. The maximum absolute atomic E-state index is 4.02. The van der Waals surface area contributed by atoms with Gasteiger partial charge in [-0.15, -0.1) is 0 Å². The summed E-state index contributed by atoms with van der Waals surface area (Å²) in [4.78, 5) is 2.41. The molecular formula is C85H62N2. The summed E-state index contributed by atoms with van der Waals surface area (Å²) in [5.41, 5.74) is 33.6. The number of rotatable bonds is 9. The third-order valence-corrected chi connectivity index (χ3v) is 19.8. The van der Waals surface area contributed by atoms with Crippen molar-refractivity contribution in [3.8, 4) is 72.4 Å². The van der Waals surface area contributed by atoms with Gasteiger partial charge >= 0.3 is 0 Å². The number of hydrogen-bond acceptors (Lipinski definition) is 1. The number of benzene rings is 12. The van der Waals surface area contributed by atoms with E-state index in [0.29, 0.717) is 5.92 Å². The van der Waals surface area contributed by atoms with Gasteiger partial charge in [0.05, 0.1) is 16.4 Å². The predicted molar refractivity (Wildman–Crippen MR) is 366 cm³/mol. The van der Waals surface area contributed by atoms with Gasteiger partial charge in [-0.05, 0) is 208 Å². The van der Waals surface area contributed by atoms with Crippen LogP contribution in [-0.2, 0) is 10.8 Å². The van der Waals surface area contributed by atoms with Crippen LogP contribution in [0.3, 0.4) is 0 Å². The van der Waals surface area contributed by atoms with Gasteiger partial charge in [-0.1, -0.05) is 240 Å². The summed E-state index contributed by atoms with van der Waals surface area (Å²) in [5, 5.41) is 2.47. The number of fused-ring (bicyclic) bond motifs is 15. The highest BCUT2D eigenvalue weighted by Crippen LogP contribution is 2.65. The number of para-hydroxylation sites is 1. The smallest absolute Gasteiger partial charge is 0.0689 e. The van der Waals surface area contributed by atoms with Crippen molar-refractivity contribution < 1.29 is 0 Å². The standard InChI is InChI=1S/C85H62N2/c1-5-55-24-26-58(27-25-55)62-34-45-72-69-18-10-13-21-77(69)85(80(72)51-62)79-49-54(2)23-44-71(79)73-46-35-63(52-81(73)85)60-32-41-66(42-33-60)87-82-22-14-11-19-74(82)75-50-61(36-48-83(75)87)59-30-39-65(40-31-59)86(64-37-28-57(29-38-64)56-15-7-6-8-16-56)67-43-47-70-68-17-9-12-20-76(68)84(3,4)78(70)53-67/h5-48,50-54H,1,49H2,2-4H3. The van der Waals surface area contributed by atoms with Crippen LogP contribution in [0.5, 0.6) is 0 Å². The van der Waals surface area contributed by atoms with Crippen molar-refractivity contribution in [1.29, 1.82) is 0 Å². The van der Waals surface area contributed by atoms with Crippen molar-refractivity contribution in [1.82, 2.24) is 4.57 Å². The molecule has 0 saturated heterocycles. The molecule has 0 fully saturated rings. The Bertz CT molecular complexity index is 5030. The molecule has 1 aromatic heterocycles. The van der Waals surface area contributed by atoms with Gasteiger partial charge in [0.25, 0.3) is 0 Å². The van der Waals surface area contributed by atoms with E-state index in [4.69, 9.17) is 0 Å². The Morgan fingerprint density at radius 1 is 0.402 bits per heavy atom. The zero-order valence-electron chi connectivity index (χ0n) is 49.1. The first-order chi connectivity index (χ1) is 42.7. The van der Waals surface area contributed by atoms with Crippen LogP contribution in [0.15, 0.2) is 297 Å². The number of allylic oxidation sites excluding steroid dienone is 4. The maximum Gasteiger partial charge on any atom is 0.0689 e. The molecule has 2 unspecified atom stereocenters. The van der Waals surface area contributed by atoms with Crippen molar-refractivity contribution in [3.05, 3.63) is 336 Å². The lowest BCUT2D eigenvalue weighted by atomic mass is 9.66. The number of aromatic nitrogens is 1. The molecule has 0 amide bonds. The minimum Gasteiger partial charge on any atom is -0.310 e. The third kappa shape index (κ3) is 7.73.